The number of hydrogen-bond acceptors (Lipinski definition) is 3. The highest BCUT2D eigenvalue weighted by atomic mass is 35.5. The highest BCUT2D eigenvalue weighted by Gasteiger charge is 2.47. The second-order valence-electron chi connectivity index (χ2n) is 6.45. The van der Waals surface area contributed by atoms with Crippen LogP contribution in [0.15, 0.2) is 35.2 Å². The SMILES string of the molecule is Cc1cc(C)c(S(=O)(=O)NC(C(S)c2c(Cl)cccc2Cl)C(F)(F)F)c(C)c1. The van der Waals surface area contributed by atoms with Crippen LogP contribution in [0, 0.1) is 20.8 Å². The zero-order chi connectivity index (χ0) is 21.4. The van der Waals surface area contributed by atoms with Crippen molar-refractivity contribution >= 4 is 45.9 Å². The molecule has 0 spiro atoms. The van der Waals surface area contributed by atoms with Crippen LogP contribution < -0.4 is 4.72 Å². The molecule has 3 nitrogen and oxygen atoms in total. The van der Waals surface area contributed by atoms with E-state index >= 15 is 0 Å². The minimum atomic E-state index is -4.94. The molecule has 0 aliphatic heterocycles. The van der Waals surface area contributed by atoms with Gasteiger partial charge in [0.05, 0.1) is 10.1 Å². The predicted octanol–water partition coefficient (Wildman–Crippen LogP) is 5.80. The first-order valence-corrected chi connectivity index (χ1v) is 10.8. The van der Waals surface area contributed by atoms with Crippen molar-refractivity contribution in [1.29, 1.82) is 0 Å². The number of alkyl halides is 3. The van der Waals surface area contributed by atoms with Gasteiger partial charge in [-0.05, 0) is 44.0 Å². The molecule has 0 aliphatic carbocycles. The maximum Gasteiger partial charge on any atom is 0.406 e. The van der Waals surface area contributed by atoms with Crippen LogP contribution in [0.3, 0.4) is 0 Å². The van der Waals surface area contributed by atoms with E-state index in [1.165, 1.54) is 32.0 Å². The van der Waals surface area contributed by atoms with E-state index < -0.39 is 27.5 Å². The Kier molecular flexibility index (Phi) is 7.04. The van der Waals surface area contributed by atoms with E-state index in [-0.39, 0.29) is 20.5 Å². The molecule has 0 radical (unpaired) electrons. The first kappa shape index (κ1) is 23.3. The summed E-state index contributed by atoms with van der Waals surface area (Å²) in [6.07, 6.45) is -4.94. The Balaban J connectivity index is 2.54. The van der Waals surface area contributed by atoms with E-state index in [2.05, 4.69) is 12.6 Å². The molecule has 0 amide bonds. The van der Waals surface area contributed by atoms with Crippen LogP contribution in [0.5, 0.6) is 0 Å². The van der Waals surface area contributed by atoms with E-state index in [1.54, 1.807) is 23.8 Å². The van der Waals surface area contributed by atoms with Gasteiger partial charge in [0.25, 0.3) is 0 Å². The van der Waals surface area contributed by atoms with Crippen LogP contribution in [0.25, 0.3) is 0 Å². The molecular weight excluding hydrogens is 454 g/mol. The van der Waals surface area contributed by atoms with Crippen molar-refractivity contribution in [3.63, 3.8) is 0 Å². The van der Waals surface area contributed by atoms with Gasteiger partial charge in [0.15, 0.2) is 0 Å². The third-order valence-corrected chi connectivity index (χ3v) is 7.08. The highest BCUT2D eigenvalue weighted by Crippen LogP contribution is 2.41. The van der Waals surface area contributed by atoms with Gasteiger partial charge in [-0.25, -0.2) is 8.42 Å². The van der Waals surface area contributed by atoms with Gasteiger partial charge >= 0.3 is 6.18 Å². The van der Waals surface area contributed by atoms with Crippen LogP contribution in [0.2, 0.25) is 10.0 Å². The number of rotatable bonds is 5. The lowest BCUT2D eigenvalue weighted by Gasteiger charge is -2.28. The van der Waals surface area contributed by atoms with Gasteiger partial charge in [0.2, 0.25) is 10.0 Å². The van der Waals surface area contributed by atoms with Gasteiger partial charge in [0.1, 0.15) is 6.04 Å². The molecule has 2 atom stereocenters. The van der Waals surface area contributed by atoms with Gasteiger partial charge in [-0.1, -0.05) is 47.0 Å². The molecule has 0 bridgehead atoms. The minimum Gasteiger partial charge on any atom is -0.207 e. The normalized spacial score (nSPS) is 14.8. The fraction of sp³-hybridized carbons (Fsp3) is 0.333. The van der Waals surface area contributed by atoms with Crippen molar-refractivity contribution in [2.45, 2.75) is 43.1 Å². The zero-order valence-corrected chi connectivity index (χ0v) is 18.3. The van der Waals surface area contributed by atoms with Crippen molar-refractivity contribution < 1.29 is 21.6 Å². The first-order valence-electron chi connectivity index (χ1n) is 8.04. The molecule has 154 valence electrons. The smallest absolute Gasteiger partial charge is 0.207 e. The molecule has 0 aliphatic rings. The van der Waals surface area contributed by atoms with Crippen molar-refractivity contribution in [3.05, 3.63) is 62.6 Å². The predicted molar refractivity (Wildman–Crippen MR) is 109 cm³/mol. The standard InChI is InChI=1S/C18H18Cl2F3NO2S2/c1-9-7-10(2)16(11(3)8-9)28(25,26)24-17(18(21,22)23)15(27)14-12(19)5-4-6-13(14)20/h4-8,15,17,24,27H,1-3H3. The first-order chi connectivity index (χ1) is 12.8. The summed E-state index contributed by atoms with van der Waals surface area (Å²) in [6, 6.07) is 4.84. The summed E-state index contributed by atoms with van der Waals surface area (Å²) < 4.78 is 68.7. The quantitative estimate of drug-likeness (QED) is 0.541. The molecule has 0 fully saturated rings. The monoisotopic (exact) mass is 471 g/mol. The van der Waals surface area contributed by atoms with E-state index in [1.807, 2.05) is 0 Å². The van der Waals surface area contributed by atoms with Gasteiger partial charge in [0, 0.05) is 15.6 Å². The Morgan fingerprint density at radius 3 is 1.93 bits per heavy atom. The maximum absolute atomic E-state index is 13.8. The lowest BCUT2D eigenvalue weighted by molar-refractivity contribution is -0.151. The Bertz CT molecular complexity index is 952. The number of hydrogen-bond donors (Lipinski definition) is 2. The number of benzene rings is 2. The topological polar surface area (TPSA) is 46.2 Å². The summed E-state index contributed by atoms with van der Waals surface area (Å²) in [5, 5.41) is -1.73. The van der Waals surface area contributed by atoms with E-state index in [9.17, 15) is 21.6 Å². The van der Waals surface area contributed by atoms with Gasteiger partial charge in [-0.3, -0.25) is 0 Å². The minimum absolute atomic E-state index is 0.0383. The molecule has 2 rings (SSSR count). The van der Waals surface area contributed by atoms with Crippen LogP contribution >= 0.6 is 35.8 Å². The summed E-state index contributed by atoms with van der Waals surface area (Å²) in [7, 11) is -4.50. The van der Waals surface area contributed by atoms with Crippen molar-refractivity contribution in [1.82, 2.24) is 4.72 Å². The largest absolute Gasteiger partial charge is 0.406 e. The van der Waals surface area contributed by atoms with Crippen LogP contribution in [-0.4, -0.2) is 20.6 Å². The second kappa shape index (κ2) is 8.44. The molecule has 2 aromatic rings. The second-order valence-corrected chi connectivity index (χ2v) is 9.47. The zero-order valence-electron chi connectivity index (χ0n) is 15.1. The molecule has 0 saturated carbocycles. The molecule has 10 heteroatoms. The Labute approximate surface area is 177 Å². The molecule has 0 saturated heterocycles. The summed E-state index contributed by atoms with van der Waals surface area (Å²) >= 11 is 16.0. The molecule has 0 aromatic heterocycles. The molecular formula is C18H18Cl2F3NO2S2. The third-order valence-electron chi connectivity index (χ3n) is 4.12. The molecule has 28 heavy (non-hydrogen) atoms. The summed E-state index contributed by atoms with van der Waals surface area (Å²) in [6.45, 7) is 4.83. The van der Waals surface area contributed by atoms with Crippen LogP contribution in [-0.2, 0) is 10.0 Å². The molecule has 2 unspecified atom stereocenters. The molecule has 0 heterocycles. The Morgan fingerprint density at radius 1 is 1.04 bits per heavy atom. The number of aryl methyl sites for hydroxylation is 3. The van der Waals surface area contributed by atoms with E-state index in [0.717, 1.165) is 5.56 Å². The highest BCUT2D eigenvalue weighted by molar-refractivity contribution is 7.89. The summed E-state index contributed by atoms with van der Waals surface area (Å²) in [5.74, 6) is 0. The average Bonchev–Trinajstić information content (AvgIpc) is 2.49. The van der Waals surface area contributed by atoms with Crippen molar-refractivity contribution in [2.75, 3.05) is 0 Å². The van der Waals surface area contributed by atoms with Gasteiger partial charge in [-0.15, -0.1) is 0 Å². The lowest BCUT2D eigenvalue weighted by Crippen LogP contribution is -2.48. The fourth-order valence-corrected chi connectivity index (χ4v) is 6.18. The number of halogens is 5. The molecule has 2 aromatic carbocycles. The lowest BCUT2D eigenvalue weighted by atomic mass is 10.1. The van der Waals surface area contributed by atoms with Gasteiger partial charge < -0.3 is 0 Å². The Hall–Kier alpha value is -0.930. The van der Waals surface area contributed by atoms with E-state index in [4.69, 9.17) is 23.2 Å². The summed E-state index contributed by atoms with van der Waals surface area (Å²) in [4.78, 5) is -0.196. The number of nitrogens with one attached hydrogen (secondary N) is 1. The van der Waals surface area contributed by atoms with Crippen molar-refractivity contribution in [2.24, 2.45) is 0 Å². The fourth-order valence-electron chi connectivity index (χ4n) is 3.09. The van der Waals surface area contributed by atoms with Gasteiger partial charge in [-0.2, -0.15) is 30.5 Å². The third kappa shape index (κ3) is 4.97. The molecule has 1 N–H and O–H groups in total. The number of sulfonamides is 1. The summed E-state index contributed by atoms with van der Waals surface area (Å²) in [5.41, 5.74) is 1.39. The van der Waals surface area contributed by atoms with Crippen molar-refractivity contribution in [3.8, 4) is 0 Å². The Morgan fingerprint density at radius 2 is 1.50 bits per heavy atom. The van der Waals surface area contributed by atoms with E-state index in [0.29, 0.717) is 11.1 Å². The maximum atomic E-state index is 13.8. The van der Waals surface area contributed by atoms with Crippen LogP contribution in [0.4, 0.5) is 13.2 Å². The number of thiol groups is 1. The van der Waals surface area contributed by atoms with Crippen LogP contribution in [0.1, 0.15) is 27.5 Å². The average molecular weight is 472 g/mol.